The number of ether oxygens (including phenoxy) is 1. The van der Waals surface area contributed by atoms with E-state index in [-0.39, 0.29) is 31.1 Å². The first-order chi connectivity index (χ1) is 16.9. The van der Waals surface area contributed by atoms with Gasteiger partial charge < -0.3 is 25.5 Å². The summed E-state index contributed by atoms with van der Waals surface area (Å²) in [7, 11) is 0. The lowest BCUT2D eigenvalue weighted by molar-refractivity contribution is -0.141. The van der Waals surface area contributed by atoms with Crippen LogP contribution in [-0.2, 0) is 20.7 Å². The quantitative estimate of drug-likeness (QED) is 0.352. The maximum absolute atomic E-state index is 12.4. The molecule has 0 aliphatic heterocycles. The van der Waals surface area contributed by atoms with Gasteiger partial charge in [-0.2, -0.15) is 0 Å². The summed E-state index contributed by atoms with van der Waals surface area (Å²) in [5, 5.41) is 14.5. The molecule has 2 aromatic carbocycles. The minimum atomic E-state index is -1.16. The van der Waals surface area contributed by atoms with Gasteiger partial charge in [0.1, 0.15) is 12.6 Å². The number of amides is 2. The zero-order valence-electron chi connectivity index (χ0n) is 19.2. The molecular weight excluding hydrogens is 448 g/mol. The zero-order valence-corrected chi connectivity index (χ0v) is 19.2. The number of hydrogen-bond donors (Lipinski definition) is 4. The number of carboxylic acids is 1. The van der Waals surface area contributed by atoms with Crippen molar-refractivity contribution in [2.24, 2.45) is 0 Å². The molecule has 4 N–H and O–H groups in total. The molecule has 1 atom stereocenters. The molecule has 1 aromatic heterocycles. The second-order valence-electron chi connectivity index (χ2n) is 8.24. The van der Waals surface area contributed by atoms with E-state index in [0.717, 1.165) is 22.3 Å². The molecule has 9 heteroatoms. The summed E-state index contributed by atoms with van der Waals surface area (Å²) in [4.78, 5) is 42.8. The minimum absolute atomic E-state index is 0.0426. The van der Waals surface area contributed by atoms with Crippen LogP contribution in [0.5, 0.6) is 0 Å². The van der Waals surface area contributed by atoms with E-state index in [4.69, 9.17) is 4.74 Å². The van der Waals surface area contributed by atoms with Crippen molar-refractivity contribution in [1.29, 1.82) is 0 Å². The lowest BCUT2D eigenvalue weighted by atomic mass is 9.98. The van der Waals surface area contributed by atoms with Gasteiger partial charge in [0, 0.05) is 36.3 Å². The number of carboxylic acid groups (broad SMARTS) is 1. The Bertz CT molecular complexity index is 1210. The van der Waals surface area contributed by atoms with Gasteiger partial charge in [0.25, 0.3) is 0 Å². The fourth-order valence-electron chi connectivity index (χ4n) is 4.12. The van der Waals surface area contributed by atoms with Gasteiger partial charge in [-0.1, -0.05) is 54.6 Å². The van der Waals surface area contributed by atoms with Crippen LogP contribution in [0.25, 0.3) is 11.1 Å². The fourth-order valence-corrected chi connectivity index (χ4v) is 4.12. The highest BCUT2D eigenvalue weighted by Crippen LogP contribution is 2.44. The number of alkyl carbamates (subject to hydrolysis) is 1. The third kappa shape index (κ3) is 5.57. The Hall–Kier alpha value is -4.40. The van der Waals surface area contributed by atoms with Crippen LogP contribution < -0.4 is 10.6 Å². The molecule has 0 spiro atoms. The van der Waals surface area contributed by atoms with Crippen molar-refractivity contribution in [3.8, 4) is 11.1 Å². The van der Waals surface area contributed by atoms with E-state index < -0.39 is 24.0 Å². The van der Waals surface area contributed by atoms with Crippen LogP contribution in [0.15, 0.2) is 72.7 Å². The number of nitrogens with zero attached hydrogens (tertiary/aromatic N) is 1. The third-order valence-corrected chi connectivity index (χ3v) is 5.94. The number of rotatable bonds is 9. The second kappa shape index (κ2) is 10.7. The van der Waals surface area contributed by atoms with Crippen LogP contribution in [0.2, 0.25) is 0 Å². The molecule has 0 bridgehead atoms. The van der Waals surface area contributed by atoms with Crippen LogP contribution in [0.1, 0.15) is 29.7 Å². The summed E-state index contributed by atoms with van der Waals surface area (Å²) >= 11 is 0. The summed E-state index contributed by atoms with van der Waals surface area (Å²) < 4.78 is 5.47. The highest BCUT2D eigenvalue weighted by Gasteiger charge is 2.29. The summed E-state index contributed by atoms with van der Waals surface area (Å²) in [6.07, 6.45) is 3.93. The fraction of sp³-hybridized carbons (Fsp3) is 0.231. The van der Waals surface area contributed by atoms with Crippen LogP contribution in [0.3, 0.4) is 0 Å². The number of aliphatic carboxylic acids is 1. The molecule has 0 saturated heterocycles. The maximum Gasteiger partial charge on any atom is 0.407 e. The topological polar surface area (TPSA) is 133 Å². The Kier molecular flexibility index (Phi) is 7.25. The maximum atomic E-state index is 12.4. The molecule has 0 unspecified atom stereocenters. The number of H-pyrrole nitrogens is 1. The minimum Gasteiger partial charge on any atom is -0.480 e. The summed E-state index contributed by atoms with van der Waals surface area (Å²) in [6.45, 7) is 1.80. The lowest BCUT2D eigenvalue weighted by Crippen LogP contribution is -2.42. The number of aromatic amines is 1. The van der Waals surface area contributed by atoms with E-state index in [1.54, 1.807) is 6.92 Å². The van der Waals surface area contributed by atoms with E-state index in [2.05, 4.69) is 32.7 Å². The van der Waals surface area contributed by atoms with Gasteiger partial charge in [-0.25, -0.2) is 14.6 Å². The van der Waals surface area contributed by atoms with Gasteiger partial charge in [-0.15, -0.1) is 0 Å². The smallest absolute Gasteiger partial charge is 0.407 e. The molecule has 0 fully saturated rings. The number of carbonyl (C=O) groups is 3. The van der Waals surface area contributed by atoms with Gasteiger partial charge in [-0.3, -0.25) is 4.79 Å². The number of aromatic nitrogens is 2. The molecule has 3 aromatic rings. The first-order valence-corrected chi connectivity index (χ1v) is 11.2. The van der Waals surface area contributed by atoms with E-state index >= 15 is 0 Å². The lowest BCUT2D eigenvalue weighted by Gasteiger charge is -2.15. The van der Waals surface area contributed by atoms with E-state index in [1.165, 1.54) is 18.6 Å². The predicted octanol–water partition coefficient (Wildman–Crippen LogP) is 3.01. The predicted molar refractivity (Wildman–Crippen MR) is 129 cm³/mol. The Morgan fingerprint density at radius 1 is 1.11 bits per heavy atom. The van der Waals surface area contributed by atoms with Crippen LogP contribution >= 0.6 is 0 Å². The van der Waals surface area contributed by atoms with Gasteiger partial charge in [0.2, 0.25) is 5.91 Å². The number of nitrogens with one attached hydrogen (secondary N) is 3. The standard InChI is InChI=1S/C26H26N4O5/c1-16(24(31)30-23(25(32)33)12-17-13-27-15-29-17)10-11-28-26(34)35-14-22-20-8-4-2-6-18(20)19-7-3-5-9-21(19)22/h2-10,13,15,22-23H,11-12,14H2,1H3,(H,27,29)(H,28,34)(H,30,31)(H,32,33)/b16-10+/t23-/m0/s1. The van der Waals surface area contributed by atoms with Crippen LogP contribution in [0, 0.1) is 0 Å². The molecular formula is C26H26N4O5. The molecule has 2 amide bonds. The van der Waals surface area contributed by atoms with Crippen LogP contribution in [-0.4, -0.2) is 52.2 Å². The molecule has 0 saturated carbocycles. The van der Waals surface area contributed by atoms with Crippen molar-refractivity contribution in [3.63, 3.8) is 0 Å². The third-order valence-electron chi connectivity index (χ3n) is 5.94. The Morgan fingerprint density at radius 3 is 2.37 bits per heavy atom. The molecule has 1 aliphatic rings. The molecule has 4 rings (SSSR count). The van der Waals surface area contributed by atoms with Gasteiger partial charge in [0.15, 0.2) is 0 Å². The Labute approximate surface area is 202 Å². The molecule has 9 nitrogen and oxygen atoms in total. The monoisotopic (exact) mass is 474 g/mol. The number of fused-ring (bicyclic) bond motifs is 3. The van der Waals surface area contributed by atoms with Crippen LogP contribution in [0.4, 0.5) is 4.79 Å². The molecule has 1 heterocycles. The Morgan fingerprint density at radius 2 is 1.77 bits per heavy atom. The average Bonchev–Trinajstić information content (AvgIpc) is 3.48. The second-order valence-corrected chi connectivity index (χ2v) is 8.24. The molecule has 180 valence electrons. The van der Waals surface area contributed by atoms with E-state index in [1.807, 2.05) is 36.4 Å². The number of benzene rings is 2. The zero-order chi connectivity index (χ0) is 24.8. The van der Waals surface area contributed by atoms with Crippen molar-refractivity contribution in [2.75, 3.05) is 13.2 Å². The van der Waals surface area contributed by atoms with Crippen molar-refractivity contribution in [3.05, 3.63) is 89.5 Å². The first-order valence-electron chi connectivity index (χ1n) is 11.2. The van der Waals surface area contributed by atoms with E-state index in [0.29, 0.717) is 5.69 Å². The molecule has 0 radical (unpaired) electrons. The highest BCUT2D eigenvalue weighted by atomic mass is 16.5. The molecule has 35 heavy (non-hydrogen) atoms. The highest BCUT2D eigenvalue weighted by molar-refractivity contribution is 5.95. The molecule has 1 aliphatic carbocycles. The summed E-state index contributed by atoms with van der Waals surface area (Å²) in [6, 6.07) is 15.0. The van der Waals surface area contributed by atoms with Crippen molar-refractivity contribution in [1.82, 2.24) is 20.6 Å². The van der Waals surface area contributed by atoms with Gasteiger partial charge in [0.05, 0.1) is 6.33 Å². The Balaban J connectivity index is 1.27. The van der Waals surface area contributed by atoms with Crippen molar-refractivity contribution in [2.45, 2.75) is 25.3 Å². The van der Waals surface area contributed by atoms with Gasteiger partial charge in [-0.05, 0) is 29.2 Å². The summed E-state index contributed by atoms with van der Waals surface area (Å²) in [5.41, 5.74) is 5.41. The van der Waals surface area contributed by atoms with Gasteiger partial charge >= 0.3 is 12.1 Å². The average molecular weight is 475 g/mol. The largest absolute Gasteiger partial charge is 0.480 e. The van der Waals surface area contributed by atoms with Crippen molar-refractivity contribution >= 4 is 18.0 Å². The first kappa shape index (κ1) is 23.7. The van der Waals surface area contributed by atoms with E-state index in [9.17, 15) is 19.5 Å². The van der Waals surface area contributed by atoms with Crippen molar-refractivity contribution < 1.29 is 24.2 Å². The number of imidazole rings is 1. The normalized spacial score (nSPS) is 13.5. The SMILES string of the molecule is C/C(=C\CNC(=O)OCC1c2ccccc2-c2ccccc21)C(=O)N[C@@H](Cc1cnc[nH]1)C(=O)O. The summed E-state index contributed by atoms with van der Waals surface area (Å²) in [5.74, 6) is -1.73. The number of carbonyl (C=O) groups excluding carboxylic acids is 2. The number of hydrogen-bond acceptors (Lipinski definition) is 5.